The number of piperidine rings is 1. The number of amides is 3. The molecule has 7 nitrogen and oxygen atoms in total. The van der Waals surface area contributed by atoms with Crippen molar-refractivity contribution < 1.29 is 19.5 Å². The molecule has 3 amide bonds. The lowest BCUT2D eigenvalue weighted by Crippen LogP contribution is -2.55. The molecule has 0 atom stereocenters. The Morgan fingerprint density at radius 1 is 1.17 bits per heavy atom. The van der Waals surface area contributed by atoms with E-state index < -0.39 is 5.97 Å². The second-order valence-corrected chi connectivity index (χ2v) is 4.65. The van der Waals surface area contributed by atoms with Crippen LogP contribution in [0.15, 0.2) is 0 Å². The highest BCUT2D eigenvalue weighted by Gasteiger charge is 2.30. The van der Waals surface area contributed by atoms with Crippen LogP contribution in [0, 0.1) is 5.92 Å². The van der Waals surface area contributed by atoms with Gasteiger partial charge in [-0.05, 0) is 12.8 Å². The molecule has 2 aliphatic rings. The average Bonchev–Trinajstić information content (AvgIpc) is 2.38. The van der Waals surface area contributed by atoms with Gasteiger partial charge in [-0.2, -0.15) is 0 Å². The molecule has 2 aliphatic heterocycles. The number of hydrogen-bond acceptors (Lipinski definition) is 3. The molecular formula is C11H17N3O4. The van der Waals surface area contributed by atoms with E-state index in [9.17, 15) is 14.4 Å². The van der Waals surface area contributed by atoms with Crippen LogP contribution in [0.3, 0.4) is 0 Å². The molecule has 18 heavy (non-hydrogen) atoms. The third-order valence-corrected chi connectivity index (χ3v) is 3.42. The fraction of sp³-hybridized carbons (Fsp3) is 0.727. The second-order valence-electron chi connectivity index (χ2n) is 4.65. The van der Waals surface area contributed by atoms with Crippen molar-refractivity contribution >= 4 is 17.9 Å². The van der Waals surface area contributed by atoms with Gasteiger partial charge >= 0.3 is 12.0 Å². The number of rotatable bonds is 1. The van der Waals surface area contributed by atoms with Crippen LogP contribution in [0.5, 0.6) is 0 Å². The Labute approximate surface area is 105 Å². The van der Waals surface area contributed by atoms with Crippen LogP contribution < -0.4 is 5.32 Å². The van der Waals surface area contributed by atoms with Crippen LogP contribution in [0.2, 0.25) is 0 Å². The number of carbonyl (C=O) groups is 3. The standard InChI is InChI=1S/C11H17N3O4/c15-9-7-14(6-3-12-9)11(18)13-4-1-8(2-5-13)10(16)17/h8H,1-7H2,(H,12,15)(H,16,17). The summed E-state index contributed by atoms with van der Waals surface area (Å²) in [6.45, 7) is 2.00. The summed E-state index contributed by atoms with van der Waals surface area (Å²) in [6, 6.07) is -0.159. The molecule has 0 spiro atoms. The molecule has 100 valence electrons. The lowest BCUT2D eigenvalue weighted by atomic mass is 9.97. The van der Waals surface area contributed by atoms with E-state index in [0.717, 1.165) is 0 Å². The number of urea groups is 1. The summed E-state index contributed by atoms with van der Waals surface area (Å²) < 4.78 is 0. The molecule has 2 N–H and O–H groups in total. The molecule has 7 heteroatoms. The Balaban J connectivity index is 1.87. The maximum atomic E-state index is 12.1. The largest absolute Gasteiger partial charge is 0.481 e. The summed E-state index contributed by atoms with van der Waals surface area (Å²) in [5.74, 6) is -1.28. The van der Waals surface area contributed by atoms with Crippen molar-refractivity contribution in [3.8, 4) is 0 Å². The number of piperazine rings is 1. The number of carbonyl (C=O) groups excluding carboxylic acids is 2. The predicted molar refractivity (Wildman–Crippen MR) is 61.9 cm³/mol. The third-order valence-electron chi connectivity index (χ3n) is 3.42. The van der Waals surface area contributed by atoms with Gasteiger partial charge in [0.2, 0.25) is 5.91 Å². The second kappa shape index (κ2) is 5.24. The first-order chi connectivity index (χ1) is 8.58. The van der Waals surface area contributed by atoms with E-state index in [0.29, 0.717) is 39.0 Å². The Bertz CT molecular complexity index is 363. The maximum absolute atomic E-state index is 12.1. The molecule has 0 aromatic carbocycles. The maximum Gasteiger partial charge on any atom is 0.320 e. The van der Waals surface area contributed by atoms with Gasteiger partial charge in [-0.3, -0.25) is 9.59 Å². The summed E-state index contributed by atoms with van der Waals surface area (Å²) in [4.78, 5) is 37.3. The third kappa shape index (κ3) is 2.72. The molecule has 0 unspecified atom stereocenters. The van der Waals surface area contributed by atoms with Crippen LogP contribution in [0.4, 0.5) is 4.79 Å². The highest BCUT2D eigenvalue weighted by Crippen LogP contribution is 2.18. The van der Waals surface area contributed by atoms with E-state index in [2.05, 4.69) is 5.32 Å². The van der Waals surface area contributed by atoms with Gasteiger partial charge < -0.3 is 20.2 Å². The summed E-state index contributed by atoms with van der Waals surface area (Å²) in [5.41, 5.74) is 0. The summed E-state index contributed by atoms with van der Waals surface area (Å²) in [5, 5.41) is 11.5. The highest BCUT2D eigenvalue weighted by molar-refractivity contribution is 5.85. The van der Waals surface area contributed by atoms with Gasteiger partial charge in [0.25, 0.3) is 0 Å². The number of nitrogens with zero attached hydrogens (tertiary/aromatic N) is 2. The molecule has 2 rings (SSSR count). The molecule has 0 radical (unpaired) electrons. The van der Waals surface area contributed by atoms with Crippen molar-refractivity contribution in [2.45, 2.75) is 12.8 Å². The number of likely N-dealkylation sites (tertiary alicyclic amines) is 1. The molecule has 2 saturated heterocycles. The zero-order chi connectivity index (χ0) is 13.1. The van der Waals surface area contributed by atoms with Crippen molar-refractivity contribution in [1.29, 1.82) is 0 Å². The molecule has 0 bridgehead atoms. The van der Waals surface area contributed by atoms with Crippen molar-refractivity contribution in [3.05, 3.63) is 0 Å². The number of aliphatic carboxylic acids is 1. The van der Waals surface area contributed by atoms with Crippen LogP contribution in [-0.2, 0) is 9.59 Å². The monoisotopic (exact) mass is 255 g/mol. The fourth-order valence-corrected chi connectivity index (χ4v) is 2.32. The smallest absolute Gasteiger partial charge is 0.320 e. The van der Waals surface area contributed by atoms with E-state index >= 15 is 0 Å². The zero-order valence-electron chi connectivity index (χ0n) is 10.1. The lowest BCUT2D eigenvalue weighted by molar-refractivity contribution is -0.143. The molecule has 0 aliphatic carbocycles. The van der Waals surface area contributed by atoms with Crippen LogP contribution in [0.1, 0.15) is 12.8 Å². The topological polar surface area (TPSA) is 90.0 Å². The van der Waals surface area contributed by atoms with Gasteiger partial charge in [-0.1, -0.05) is 0 Å². The van der Waals surface area contributed by atoms with Gasteiger partial charge in [0.1, 0.15) is 6.54 Å². The van der Waals surface area contributed by atoms with Crippen molar-refractivity contribution in [3.63, 3.8) is 0 Å². The van der Waals surface area contributed by atoms with Gasteiger partial charge in [-0.15, -0.1) is 0 Å². The Morgan fingerprint density at radius 2 is 1.83 bits per heavy atom. The van der Waals surface area contributed by atoms with E-state index in [-0.39, 0.29) is 24.4 Å². The SMILES string of the molecule is O=C1CN(C(=O)N2CCC(C(=O)O)CC2)CCN1. The van der Waals surface area contributed by atoms with Crippen LogP contribution in [0.25, 0.3) is 0 Å². The molecular weight excluding hydrogens is 238 g/mol. The van der Waals surface area contributed by atoms with E-state index in [1.165, 1.54) is 4.90 Å². The summed E-state index contributed by atoms with van der Waals surface area (Å²) in [6.07, 6.45) is 0.974. The first-order valence-electron chi connectivity index (χ1n) is 6.11. The number of carboxylic acid groups (broad SMARTS) is 1. The zero-order valence-corrected chi connectivity index (χ0v) is 10.1. The van der Waals surface area contributed by atoms with Crippen LogP contribution >= 0.6 is 0 Å². The molecule has 0 saturated carbocycles. The van der Waals surface area contributed by atoms with Crippen molar-refractivity contribution in [1.82, 2.24) is 15.1 Å². The van der Waals surface area contributed by atoms with E-state index in [1.54, 1.807) is 4.90 Å². The van der Waals surface area contributed by atoms with Gasteiger partial charge in [-0.25, -0.2) is 4.79 Å². The van der Waals surface area contributed by atoms with Gasteiger partial charge in [0, 0.05) is 26.2 Å². The van der Waals surface area contributed by atoms with Gasteiger partial charge in [0.05, 0.1) is 5.92 Å². The Hall–Kier alpha value is -1.79. The summed E-state index contributed by atoms with van der Waals surface area (Å²) >= 11 is 0. The van der Waals surface area contributed by atoms with Crippen LogP contribution in [-0.4, -0.2) is 65.5 Å². The minimum absolute atomic E-state index is 0.0949. The van der Waals surface area contributed by atoms with Crippen molar-refractivity contribution in [2.24, 2.45) is 5.92 Å². The Kier molecular flexibility index (Phi) is 3.69. The molecule has 0 aromatic rings. The number of hydrogen-bond donors (Lipinski definition) is 2. The van der Waals surface area contributed by atoms with Crippen molar-refractivity contribution in [2.75, 3.05) is 32.7 Å². The minimum Gasteiger partial charge on any atom is -0.481 e. The minimum atomic E-state index is -0.792. The summed E-state index contributed by atoms with van der Waals surface area (Å²) in [7, 11) is 0. The number of nitrogens with one attached hydrogen (secondary N) is 1. The average molecular weight is 255 g/mol. The number of carboxylic acids is 1. The highest BCUT2D eigenvalue weighted by atomic mass is 16.4. The van der Waals surface area contributed by atoms with E-state index in [4.69, 9.17) is 5.11 Å². The molecule has 0 aromatic heterocycles. The molecule has 2 heterocycles. The lowest BCUT2D eigenvalue weighted by Gasteiger charge is -2.36. The first-order valence-corrected chi connectivity index (χ1v) is 6.11. The molecule has 2 fully saturated rings. The Morgan fingerprint density at radius 3 is 2.39 bits per heavy atom. The predicted octanol–water partition coefficient (Wildman–Crippen LogP) is -0.665. The van der Waals surface area contributed by atoms with Gasteiger partial charge in [0.15, 0.2) is 0 Å². The quantitative estimate of drug-likeness (QED) is 0.650. The first kappa shape index (κ1) is 12.7. The van der Waals surface area contributed by atoms with E-state index in [1.807, 2.05) is 0 Å². The fourth-order valence-electron chi connectivity index (χ4n) is 2.32. The normalized spacial score (nSPS) is 21.7.